The van der Waals surface area contributed by atoms with Crippen molar-refractivity contribution in [3.8, 4) is 0 Å². The number of carbonyl (C=O) groups excluding carboxylic acids is 2. The molecule has 45 heavy (non-hydrogen) atoms. The largest absolute Gasteiger partial charge is 0.350 e. The zero-order chi connectivity index (χ0) is 32.8. The summed E-state index contributed by atoms with van der Waals surface area (Å²) in [5, 5.41) is 3.05. The molecule has 1 N–H and O–H groups in total. The maximum absolute atomic E-state index is 14.5. The first-order valence-electron chi connectivity index (χ1n) is 14.5. The molecule has 0 aliphatic heterocycles. The van der Waals surface area contributed by atoms with Crippen LogP contribution in [-0.2, 0) is 32.6 Å². The molecule has 0 heterocycles. The van der Waals surface area contributed by atoms with Gasteiger partial charge in [-0.15, -0.1) is 0 Å². The molecule has 0 aliphatic rings. The number of nitrogens with one attached hydrogen (secondary N) is 1. The van der Waals surface area contributed by atoms with Crippen molar-refractivity contribution in [2.45, 2.75) is 57.1 Å². The Labute approximate surface area is 283 Å². The van der Waals surface area contributed by atoms with E-state index in [4.69, 9.17) is 0 Å². The Morgan fingerprint density at radius 2 is 1.44 bits per heavy atom. The lowest BCUT2D eigenvalue weighted by Gasteiger charge is -2.35. The third-order valence-corrected chi connectivity index (χ3v) is 9.83. The first-order valence-corrected chi connectivity index (χ1v) is 17.5. The molecule has 0 saturated heterocycles. The van der Waals surface area contributed by atoms with Crippen LogP contribution < -0.4 is 9.62 Å². The van der Waals surface area contributed by atoms with Gasteiger partial charge < -0.3 is 10.2 Å². The van der Waals surface area contributed by atoms with Gasteiger partial charge in [-0.2, -0.15) is 0 Å². The average Bonchev–Trinajstić information content (AvgIpc) is 2.98. The van der Waals surface area contributed by atoms with Crippen LogP contribution in [0.3, 0.4) is 0 Å². The summed E-state index contributed by atoms with van der Waals surface area (Å²) >= 11 is 6.90. The highest BCUT2D eigenvalue weighted by Crippen LogP contribution is 2.28. The number of nitrogens with zero attached hydrogens (tertiary/aromatic N) is 2. The number of halogens is 2. The van der Waals surface area contributed by atoms with Crippen molar-refractivity contribution in [3.05, 3.63) is 129 Å². The predicted octanol–water partition coefficient (Wildman–Crippen LogP) is 7.27. The van der Waals surface area contributed by atoms with Crippen LogP contribution in [0, 0.1) is 6.92 Å². The van der Waals surface area contributed by atoms with Crippen LogP contribution in [0.1, 0.15) is 37.5 Å². The van der Waals surface area contributed by atoms with Crippen molar-refractivity contribution < 1.29 is 18.0 Å². The Bertz CT molecular complexity index is 1720. The van der Waals surface area contributed by atoms with E-state index in [-0.39, 0.29) is 23.8 Å². The van der Waals surface area contributed by atoms with Crippen LogP contribution in [0.4, 0.5) is 5.69 Å². The lowest BCUT2D eigenvalue weighted by atomic mass is 10.0. The molecule has 0 fully saturated rings. The quantitative estimate of drug-likeness (QED) is 0.175. The van der Waals surface area contributed by atoms with Gasteiger partial charge in [-0.25, -0.2) is 8.42 Å². The second-order valence-corrected chi connectivity index (χ2v) is 15.6. The minimum Gasteiger partial charge on any atom is -0.350 e. The molecule has 2 amide bonds. The van der Waals surface area contributed by atoms with Crippen LogP contribution in [0.2, 0.25) is 0 Å². The highest BCUT2D eigenvalue weighted by molar-refractivity contribution is 9.10. The topological polar surface area (TPSA) is 86.8 Å². The van der Waals surface area contributed by atoms with Gasteiger partial charge in [0.1, 0.15) is 12.6 Å². The smallest absolute Gasteiger partial charge is 0.264 e. The molecule has 4 aromatic carbocycles. The summed E-state index contributed by atoms with van der Waals surface area (Å²) in [7, 11) is -4.17. The van der Waals surface area contributed by atoms with Crippen molar-refractivity contribution in [1.29, 1.82) is 0 Å². The SMILES string of the molecule is Cc1ccc(S(=O)(=O)N(CC(=O)N(Cc2ccc(Br)cc2)C(Cc2ccccc2)C(=O)NC(C)(C)C)c2cccc(Br)c2)cc1. The molecule has 1 atom stereocenters. The zero-order valence-corrected chi connectivity index (χ0v) is 29.7. The number of carbonyl (C=O) groups is 2. The van der Waals surface area contributed by atoms with Gasteiger partial charge in [0.15, 0.2) is 0 Å². The normalized spacial score (nSPS) is 12.3. The highest BCUT2D eigenvalue weighted by Gasteiger charge is 2.35. The third kappa shape index (κ3) is 9.51. The Morgan fingerprint density at radius 1 is 0.800 bits per heavy atom. The average molecular weight is 756 g/mol. The molecule has 0 bridgehead atoms. The molecule has 1 unspecified atom stereocenters. The van der Waals surface area contributed by atoms with Crippen molar-refractivity contribution in [1.82, 2.24) is 10.2 Å². The van der Waals surface area contributed by atoms with Crippen molar-refractivity contribution in [2.24, 2.45) is 0 Å². The summed E-state index contributed by atoms with van der Waals surface area (Å²) in [5.41, 5.74) is 2.34. The van der Waals surface area contributed by atoms with E-state index in [0.29, 0.717) is 10.2 Å². The van der Waals surface area contributed by atoms with Gasteiger partial charge in [0.05, 0.1) is 10.6 Å². The molecule has 7 nitrogen and oxygen atoms in total. The standard InChI is InChI=1S/C35H37Br2N3O4S/c1-25-13-19-31(20-14-25)45(43,44)40(30-12-8-11-29(37)22-30)24-33(41)39(23-27-15-17-28(36)18-16-27)32(34(42)38-35(2,3)4)21-26-9-6-5-7-10-26/h5-20,22,32H,21,23-24H2,1-4H3,(H,38,42). The van der Waals surface area contributed by atoms with E-state index in [2.05, 4.69) is 37.2 Å². The van der Waals surface area contributed by atoms with Gasteiger partial charge in [0, 0.05) is 27.4 Å². The van der Waals surface area contributed by atoms with Gasteiger partial charge in [-0.1, -0.05) is 98.1 Å². The molecule has 0 aliphatic carbocycles. The summed E-state index contributed by atoms with van der Waals surface area (Å²) in [6.45, 7) is 7.11. The number of hydrogen-bond donors (Lipinski definition) is 1. The van der Waals surface area contributed by atoms with E-state index in [1.54, 1.807) is 36.4 Å². The summed E-state index contributed by atoms with van der Waals surface area (Å²) < 4.78 is 30.9. The first kappa shape index (κ1) is 34.4. The highest BCUT2D eigenvalue weighted by atomic mass is 79.9. The molecular weight excluding hydrogens is 718 g/mol. The minimum absolute atomic E-state index is 0.0617. The Morgan fingerprint density at radius 3 is 2.04 bits per heavy atom. The number of anilines is 1. The molecule has 4 aromatic rings. The van der Waals surface area contributed by atoms with E-state index < -0.39 is 34.1 Å². The Kier molecular flexibility index (Phi) is 11.3. The van der Waals surface area contributed by atoms with Crippen LogP contribution in [-0.4, -0.2) is 43.3 Å². The third-order valence-electron chi connectivity index (χ3n) is 7.02. The lowest BCUT2D eigenvalue weighted by Crippen LogP contribution is -2.56. The number of benzene rings is 4. The van der Waals surface area contributed by atoms with Crippen LogP contribution in [0.15, 0.2) is 117 Å². The number of amides is 2. The minimum atomic E-state index is -4.17. The van der Waals surface area contributed by atoms with Crippen LogP contribution in [0.5, 0.6) is 0 Å². The first-order chi connectivity index (χ1) is 21.2. The second-order valence-electron chi connectivity index (χ2n) is 11.9. The molecule has 0 spiro atoms. The molecule has 0 saturated carbocycles. The Hall–Kier alpha value is -3.47. The number of sulfonamides is 1. The molecule has 0 aromatic heterocycles. The van der Waals surface area contributed by atoms with Crippen molar-refractivity contribution in [2.75, 3.05) is 10.8 Å². The Balaban J connectivity index is 1.81. The monoisotopic (exact) mass is 753 g/mol. The number of aryl methyl sites for hydroxylation is 1. The van der Waals surface area contributed by atoms with E-state index in [1.165, 1.54) is 17.0 Å². The fraction of sp³-hybridized carbons (Fsp3) is 0.257. The second kappa shape index (κ2) is 14.7. The molecular formula is C35H37Br2N3O4S. The van der Waals surface area contributed by atoms with Crippen LogP contribution >= 0.6 is 31.9 Å². The van der Waals surface area contributed by atoms with Gasteiger partial charge in [-0.3, -0.25) is 13.9 Å². The fourth-order valence-electron chi connectivity index (χ4n) is 4.79. The molecule has 4 rings (SSSR count). The number of hydrogen-bond acceptors (Lipinski definition) is 4. The lowest BCUT2D eigenvalue weighted by molar-refractivity contribution is -0.140. The molecule has 236 valence electrons. The van der Waals surface area contributed by atoms with E-state index >= 15 is 0 Å². The maximum Gasteiger partial charge on any atom is 0.264 e. The van der Waals surface area contributed by atoms with Crippen LogP contribution in [0.25, 0.3) is 0 Å². The van der Waals surface area contributed by atoms with Gasteiger partial charge in [0.2, 0.25) is 11.8 Å². The predicted molar refractivity (Wildman–Crippen MR) is 186 cm³/mol. The number of rotatable bonds is 11. The molecule has 0 radical (unpaired) electrons. The summed E-state index contributed by atoms with van der Waals surface area (Å²) in [6.07, 6.45) is 0.243. The van der Waals surface area contributed by atoms with E-state index in [1.807, 2.05) is 82.3 Å². The summed E-state index contributed by atoms with van der Waals surface area (Å²) in [5.74, 6) is -0.842. The fourth-order valence-corrected chi connectivity index (χ4v) is 6.85. The molecule has 10 heteroatoms. The van der Waals surface area contributed by atoms with Crippen molar-refractivity contribution >= 4 is 59.4 Å². The van der Waals surface area contributed by atoms with E-state index in [9.17, 15) is 18.0 Å². The maximum atomic E-state index is 14.5. The zero-order valence-electron chi connectivity index (χ0n) is 25.7. The summed E-state index contributed by atoms with van der Waals surface area (Å²) in [6, 6.07) is 29.4. The van der Waals surface area contributed by atoms with Gasteiger partial charge in [0.25, 0.3) is 10.0 Å². The van der Waals surface area contributed by atoms with Gasteiger partial charge >= 0.3 is 0 Å². The van der Waals surface area contributed by atoms with Gasteiger partial charge in [-0.05, 0) is 81.3 Å². The van der Waals surface area contributed by atoms with E-state index in [0.717, 1.165) is 25.5 Å². The van der Waals surface area contributed by atoms with Crippen molar-refractivity contribution in [3.63, 3.8) is 0 Å². The summed E-state index contributed by atoms with van der Waals surface area (Å²) in [4.78, 5) is 30.0.